The summed E-state index contributed by atoms with van der Waals surface area (Å²) in [4.78, 5) is 0. The smallest absolute Gasteiger partial charge is 0.120 e. The van der Waals surface area contributed by atoms with Crippen molar-refractivity contribution in [2.24, 2.45) is 0 Å². The van der Waals surface area contributed by atoms with E-state index in [1.54, 1.807) is 7.11 Å². The van der Waals surface area contributed by atoms with E-state index >= 15 is 0 Å². The fourth-order valence-electron chi connectivity index (χ4n) is 2.30. The number of anilines is 1. The van der Waals surface area contributed by atoms with Crippen molar-refractivity contribution in [2.45, 2.75) is 31.3 Å². The Labute approximate surface area is 96.2 Å². The lowest BCUT2D eigenvalue weighted by Gasteiger charge is -2.27. The van der Waals surface area contributed by atoms with Crippen LogP contribution in [0.15, 0.2) is 18.2 Å². The fraction of sp³-hybridized carbons (Fsp3) is 0.538. The zero-order valence-electron chi connectivity index (χ0n) is 9.62. The number of rotatable bonds is 3. The summed E-state index contributed by atoms with van der Waals surface area (Å²) in [6.07, 6.45) is 3.83. The normalized spacial score (nSPS) is 23.4. The van der Waals surface area contributed by atoms with E-state index in [1.807, 2.05) is 6.07 Å². The predicted octanol–water partition coefficient (Wildman–Crippen LogP) is 1.78. The number of fused-ring (bicyclic) bond motifs is 1. The summed E-state index contributed by atoms with van der Waals surface area (Å²) in [5.41, 5.74) is 2.62. The van der Waals surface area contributed by atoms with Crippen molar-refractivity contribution < 1.29 is 4.74 Å². The third-order valence-electron chi connectivity index (χ3n) is 3.37. The number of methoxy groups -OCH3 is 1. The molecule has 1 saturated carbocycles. The maximum Gasteiger partial charge on any atom is 0.120 e. The van der Waals surface area contributed by atoms with Crippen LogP contribution in [-0.4, -0.2) is 25.7 Å². The first-order valence-electron chi connectivity index (χ1n) is 6.02. The minimum absolute atomic E-state index is 0.591. The predicted molar refractivity (Wildman–Crippen MR) is 65.1 cm³/mol. The highest BCUT2D eigenvalue weighted by atomic mass is 16.5. The average Bonchev–Trinajstić information content (AvgIpc) is 3.12. The Hall–Kier alpha value is -1.22. The number of hydrogen-bond donors (Lipinski definition) is 2. The molecule has 0 aromatic heterocycles. The molecule has 0 radical (unpaired) electrons. The van der Waals surface area contributed by atoms with Gasteiger partial charge in [0.2, 0.25) is 0 Å². The SMILES string of the molecule is COc1ccc2c(c1)NCC(NC1CC1)C2. The van der Waals surface area contributed by atoms with E-state index in [-0.39, 0.29) is 0 Å². The minimum Gasteiger partial charge on any atom is -0.497 e. The summed E-state index contributed by atoms with van der Waals surface area (Å²) in [5.74, 6) is 0.930. The molecule has 1 aromatic rings. The molecule has 0 amide bonds. The van der Waals surface area contributed by atoms with Gasteiger partial charge in [0, 0.05) is 30.4 Å². The van der Waals surface area contributed by atoms with Crippen molar-refractivity contribution >= 4 is 5.69 Å². The van der Waals surface area contributed by atoms with Gasteiger partial charge < -0.3 is 15.4 Å². The fourth-order valence-corrected chi connectivity index (χ4v) is 2.30. The molecular weight excluding hydrogens is 200 g/mol. The Morgan fingerprint density at radius 1 is 1.31 bits per heavy atom. The molecule has 2 aliphatic rings. The summed E-state index contributed by atoms with van der Waals surface area (Å²) < 4.78 is 5.23. The molecule has 1 heterocycles. The Kier molecular flexibility index (Phi) is 2.48. The average molecular weight is 218 g/mol. The van der Waals surface area contributed by atoms with Crippen LogP contribution >= 0.6 is 0 Å². The van der Waals surface area contributed by atoms with Crippen LogP contribution in [0.2, 0.25) is 0 Å². The minimum atomic E-state index is 0.591. The number of hydrogen-bond acceptors (Lipinski definition) is 3. The molecule has 2 N–H and O–H groups in total. The molecular formula is C13H18N2O. The lowest BCUT2D eigenvalue weighted by molar-refractivity contribution is 0.414. The first-order chi connectivity index (χ1) is 7.85. The van der Waals surface area contributed by atoms with Gasteiger partial charge in [-0.05, 0) is 30.9 Å². The molecule has 1 unspecified atom stereocenters. The highest BCUT2D eigenvalue weighted by Gasteiger charge is 2.26. The summed E-state index contributed by atoms with van der Waals surface area (Å²) in [6.45, 7) is 1.02. The Morgan fingerprint density at radius 2 is 2.19 bits per heavy atom. The van der Waals surface area contributed by atoms with Crippen LogP contribution in [0.1, 0.15) is 18.4 Å². The molecule has 1 aliphatic heterocycles. The maximum atomic E-state index is 5.23. The van der Waals surface area contributed by atoms with Gasteiger partial charge in [0.25, 0.3) is 0 Å². The second-order valence-electron chi connectivity index (χ2n) is 4.75. The van der Waals surface area contributed by atoms with Crippen molar-refractivity contribution in [3.05, 3.63) is 23.8 Å². The van der Waals surface area contributed by atoms with E-state index in [0.29, 0.717) is 6.04 Å². The van der Waals surface area contributed by atoms with Crippen LogP contribution in [0.5, 0.6) is 5.75 Å². The molecule has 0 spiro atoms. The molecule has 0 saturated heterocycles. The quantitative estimate of drug-likeness (QED) is 0.811. The monoisotopic (exact) mass is 218 g/mol. The summed E-state index contributed by atoms with van der Waals surface area (Å²) in [5, 5.41) is 7.15. The zero-order valence-corrected chi connectivity index (χ0v) is 9.62. The van der Waals surface area contributed by atoms with Crippen LogP contribution in [0, 0.1) is 0 Å². The third-order valence-corrected chi connectivity index (χ3v) is 3.37. The van der Waals surface area contributed by atoms with Gasteiger partial charge in [-0.15, -0.1) is 0 Å². The van der Waals surface area contributed by atoms with Crippen molar-refractivity contribution in [3.8, 4) is 5.75 Å². The summed E-state index contributed by atoms with van der Waals surface area (Å²) in [7, 11) is 1.71. The molecule has 3 rings (SSSR count). The maximum absolute atomic E-state index is 5.23. The van der Waals surface area contributed by atoms with E-state index < -0.39 is 0 Å². The Morgan fingerprint density at radius 3 is 2.94 bits per heavy atom. The second-order valence-corrected chi connectivity index (χ2v) is 4.75. The molecule has 3 heteroatoms. The van der Waals surface area contributed by atoms with Gasteiger partial charge in [-0.3, -0.25) is 0 Å². The first kappa shape index (κ1) is 9.97. The van der Waals surface area contributed by atoms with Crippen LogP contribution < -0.4 is 15.4 Å². The van der Waals surface area contributed by atoms with Crippen LogP contribution in [0.3, 0.4) is 0 Å². The molecule has 16 heavy (non-hydrogen) atoms. The van der Waals surface area contributed by atoms with Gasteiger partial charge in [-0.2, -0.15) is 0 Å². The molecule has 86 valence electrons. The Balaban J connectivity index is 1.73. The highest BCUT2D eigenvalue weighted by molar-refractivity contribution is 5.57. The van der Waals surface area contributed by atoms with Gasteiger partial charge in [-0.1, -0.05) is 6.07 Å². The van der Waals surface area contributed by atoms with Gasteiger partial charge in [0.05, 0.1) is 7.11 Å². The Bertz CT molecular complexity index is 388. The highest BCUT2D eigenvalue weighted by Crippen LogP contribution is 2.28. The summed E-state index contributed by atoms with van der Waals surface area (Å²) >= 11 is 0. The number of ether oxygens (including phenoxy) is 1. The molecule has 3 nitrogen and oxygen atoms in total. The lowest BCUT2D eigenvalue weighted by Crippen LogP contribution is -2.41. The van der Waals surface area contributed by atoms with E-state index in [2.05, 4.69) is 22.8 Å². The van der Waals surface area contributed by atoms with Gasteiger partial charge in [0.15, 0.2) is 0 Å². The van der Waals surface area contributed by atoms with E-state index in [0.717, 1.165) is 24.8 Å². The molecule has 1 fully saturated rings. The van der Waals surface area contributed by atoms with Gasteiger partial charge in [0.1, 0.15) is 5.75 Å². The standard InChI is InChI=1S/C13H18N2O/c1-16-12-5-2-9-6-11(15-10-3-4-10)8-14-13(9)7-12/h2,5,7,10-11,14-15H,3-4,6,8H2,1H3. The van der Waals surface area contributed by atoms with Crippen molar-refractivity contribution in [1.29, 1.82) is 0 Å². The zero-order chi connectivity index (χ0) is 11.0. The van der Waals surface area contributed by atoms with Crippen molar-refractivity contribution in [1.82, 2.24) is 5.32 Å². The largest absolute Gasteiger partial charge is 0.497 e. The first-order valence-corrected chi connectivity index (χ1v) is 6.02. The van der Waals surface area contributed by atoms with Crippen LogP contribution in [0.4, 0.5) is 5.69 Å². The van der Waals surface area contributed by atoms with Gasteiger partial charge in [-0.25, -0.2) is 0 Å². The third kappa shape index (κ3) is 2.00. The van der Waals surface area contributed by atoms with Crippen LogP contribution in [0.25, 0.3) is 0 Å². The van der Waals surface area contributed by atoms with Crippen LogP contribution in [-0.2, 0) is 6.42 Å². The topological polar surface area (TPSA) is 33.3 Å². The van der Waals surface area contributed by atoms with Gasteiger partial charge >= 0.3 is 0 Å². The van der Waals surface area contributed by atoms with E-state index in [9.17, 15) is 0 Å². The number of benzene rings is 1. The molecule has 1 atom stereocenters. The molecule has 1 aliphatic carbocycles. The lowest BCUT2D eigenvalue weighted by atomic mass is 9.99. The van der Waals surface area contributed by atoms with E-state index in [4.69, 9.17) is 4.74 Å². The molecule has 0 bridgehead atoms. The summed E-state index contributed by atoms with van der Waals surface area (Å²) in [6, 6.07) is 7.67. The number of nitrogens with one attached hydrogen (secondary N) is 2. The second kappa shape index (κ2) is 3.98. The van der Waals surface area contributed by atoms with Crippen molar-refractivity contribution in [3.63, 3.8) is 0 Å². The van der Waals surface area contributed by atoms with Crippen molar-refractivity contribution in [2.75, 3.05) is 19.0 Å². The molecule has 1 aromatic carbocycles. The van der Waals surface area contributed by atoms with E-state index in [1.165, 1.54) is 24.1 Å².